The second kappa shape index (κ2) is 7.22. The maximum Gasteiger partial charge on any atom is 0.271 e. The molecule has 0 radical (unpaired) electrons. The Morgan fingerprint density at radius 1 is 1.36 bits per heavy atom. The molecule has 0 amide bonds. The number of nitrogens with zero attached hydrogens (tertiary/aromatic N) is 2. The Bertz CT molecular complexity index is 695. The number of benzene rings is 1. The van der Waals surface area contributed by atoms with E-state index in [1.165, 1.54) is 4.68 Å². The minimum Gasteiger partial charge on any atom is -0.497 e. The number of aromatic nitrogens is 2. The Hall–Kier alpha value is -2.14. The van der Waals surface area contributed by atoms with Crippen LogP contribution in [0.2, 0.25) is 0 Å². The van der Waals surface area contributed by atoms with Crippen LogP contribution in [0.25, 0.3) is 11.3 Å². The Balaban J connectivity index is 2.36. The van der Waals surface area contributed by atoms with Crippen LogP contribution in [0.5, 0.6) is 5.75 Å². The van der Waals surface area contributed by atoms with Crippen LogP contribution in [0.4, 0.5) is 0 Å². The Kier molecular flexibility index (Phi) is 5.33. The number of hydrogen-bond acceptors (Lipinski definition) is 4. The van der Waals surface area contributed by atoms with Gasteiger partial charge in [0.1, 0.15) is 5.75 Å². The highest BCUT2D eigenvalue weighted by Crippen LogP contribution is 2.21. The molecule has 1 atom stereocenters. The maximum atomic E-state index is 12.2. The summed E-state index contributed by atoms with van der Waals surface area (Å²) in [6, 6.07) is 9.90. The highest BCUT2D eigenvalue weighted by Gasteiger charge is 2.09. The third-order valence-corrected chi connectivity index (χ3v) is 3.76. The maximum absolute atomic E-state index is 12.2. The van der Waals surface area contributed by atoms with Gasteiger partial charge in [-0.3, -0.25) is 4.79 Å². The average Bonchev–Trinajstić information content (AvgIpc) is 2.55. The van der Waals surface area contributed by atoms with Gasteiger partial charge in [0.25, 0.3) is 5.56 Å². The lowest BCUT2D eigenvalue weighted by atomic mass is 10.1. The molecule has 0 fully saturated rings. The molecule has 0 saturated carbocycles. The lowest BCUT2D eigenvalue weighted by Crippen LogP contribution is -2.31. The number of methoxy groups -OCH3 is 1. The van der Waals surface area contributed by atoms with Crippen molar-refractivity contribution >= 4 is 0 Å². The topological polar surface area (TPSA) is 56.1 Å². The fourth-order valence-electron chi connectivity index (χ4n) is 2.15. The first kappa shape index (κ1) is 16.2. The molecule has 1 aromatic heterocycles. The van der Waals surface area contributed by atoms with Crippen LogP contribution >= 0.6 is 0 Å². The first-order valence-corrected chi connectivity index (χ1v) is 7.50. The minimum absolute atomic E-state index is 0.0672. The number of rotatable bonds is 6. The van der Waals surface area contributed by atoms with Gasteiger partial charge in [-0.1, -0.05) is 19.1 Å². The molecule has 1 N–H and O–H groups in total. The van der Waals surface area contributed by atoms with Crippen LogP contribution in [0.3, 0.4) is 0 Å². The zero-order valence-electron chi connectivity index (χ0n) is 13.6. The molecule has 0 saturated heterocycles. The molecule has 5 nitrogen and oxygen atoms in total. The van der Waals surface area contributed by atoms with E-state index in [0.717, 1.165) is 29.0 Å². The van der Waals surface area contributed by atoms with Gasteiger partial charge in [-0.2, -0.15) is 5.10 Å². The van der Waals surface area contributed by atoms with E-state index >= 15 is 0 Å². The van der Waals surface area contributed by atoms with Crippen LogP contribution < -0.4 is 15.6 Å². The van der Waals surface area contributed by atoms with Gasteiger partial charge in [-0.05, 0) is 31.5 Å². The van der Waals surface area contributed by atoms with Crippen molar-refractivity contribution in [3.63, 3.8) is 0 Å². The SMILES string of the molecule is CCC(C)NCc1cc(-c2cccc(OC)c2)nn(C)c1=O. The quantitative estimate of drug-likeness (QED) is 0.890. The summed E-state index contributed by atoms with van der Waals surface area (Å²) in [5.74, 6) is 0.771. The van der Waals surface area contributed by atoms with Crippen LogP contribution in [-0.2, 0) is 13.6 Å². The van der Waals surface area contributed by atoms with E-state index < -0.39 is 0 Å². The summed E-state index contributed by atoms with van der Waals surface area (Å²) in [4.78, 5) is 12.2. The smallest absolute Gasteiger partial charge is 0.271 e. The molecule has 0 bridgehead atoms. The standard InChI is InChI=1S/C17H23N3O2/c1-5-12(2)18-11-14-10-16(19-20(3)17(14)21)13-7-6-8-15(9-13)22-4/h6-10,12,18H,5,11H2,1-4H3. The van der Waals surface area contributed by atoms with E-state index in [2.05, 4.69) is 24.3 Å². The van der Waals surface area contributed by atoms with Gasteiger partial charge in [-0.25, -0.2) is 4.68 Å². The number of aryl methyl sites for hydroxylation is 1. The minimum atomic E-state index is -0.0672. The molecule has 1 aromatic carbocycles. The van der Waals surface area contributed by atoms with Crippen molar-refractivity contribution in [1.29, 1.82) is 0 Å². The second-order valence-corrected chi connectivity index (χ2v) is 5.41. The van der Waals surface area contributed by atoms with Crippen LogP contribution in [-0.4, -0.2) is 22.9 Å². The third-order valence-electron chi connectivity index (χ3n) is 3.76. The van der Waals surface area contributed by atoms with Gasteiger partial charge in [0.05, 0.1) is 12.8 Å². The zero-order chi connectivity index (χ0) is 16.1. The van der Waals surface area contributed by atoms with E-state index in [9.17, 15) is 4.79 Å². The van der Waals surface area contributed by atoms with Gasteiger partial charge >= 0.3 is 0 Å². The largest absolute Gasteiger partial charge is 0.497 e. The Morgan fingerprint density at radius 2 is 2.14 bits per heavy atom. The molecule has 0 spiro atoms. The third kappa shape index (κ3) is 3.74. The van der Waals surface area contributed by atoms with Gasteiger partial charge < -0.3 is 10.1 Å². The highest BCUT2D eigenvalue weighted by molar-refractivity contribution is 5.61. The van der Waals surface area contributed by atoms with Crippen molar-refractivity contribution < 1.29 is 4.74 Å². The van der Waals surface area contributed by atoms with Crippen LogP contribution in [0, 0.1) is 0 Å². The summed E-state index contributed by atoms with van der Waals surface area (Å²) in [5.41, 5.74) is 2.35. The molecule has 22 heavy (non-hydrogen) atoms. The molecule has 0 aliphatic carbocycles. The van der Waals surface area contributed by atoms with Crippen molar-refractivity contribution in [2.24, 2.45) is 7.05 Å². The number of hydrogen-bond donors (Lipinski definition) is 1. The summed E-state index contributed by atoms with van der Waals surface area (Å²) in [6.45, 7) is 4.76. The fourth-order valence-corrected chi connectivity index (χ4v) is 2.15. The molecule has 5 heteroatoms. The van der Waals surface area contributed by atoms with E-state index in [1.807, 2.05) is 30.3 Å². The Labute approximate surface area is 130 Å². The predicted molar refractivity (Wildman–Crippen MR) is 88.1 cm³/mol. The van der Waals surface area contributed by atoms with Crippen molar-refractivity contribution in [3.8, 4) is 17.0 Å². The summed E-state index contributed by atoms with van der Waals surface area (Å²) in [7, 11) is 3.31. The van der Waals surface area contributed by atoms with Crippen LogP contribution in [0.15, 0.2) is 35.1 Å². The molecule has 1 unspecified atom stereocenters. The molecule has 0 aliphatic heterocycles. The van der Waals surface area contributed by atoms with Crippen LogP contribution in [0.1, 0.15) is 25.8 Å². The monoisotopic (exact) mass is 301 g/mol. The second-order valence-electron chi connectivity index (χ2n) is 5.41. The summed E-state index contributed by atoms with van der Waals surface area (Å²) in [5, 5.41) is 7.70. The predicted octanol–water partition coefficient (Wildman–Crippen LogP) is 2.34. The molecular formula is C17H23N3O2. The highest BCUT2D eigenvalue weighted by atomic mass is 16.5. The first-order chi connectivity index (χ1) is 10.5. The molecule has 2 aromatic rings. The van der Waals surface area contributed by atoms with Crippen molar-refractivity contribution in [2.45, 2.75) is 32.9 Å². The van der Waals surface area contributed by atoms with Gasteiger partial charge in [0, 0.05) is 30.8 Å². The summed E-state index contributed by atoms with van der Waals surface area (Å²) in [6.07, 6.45) is 1.02. The van der Waals surface area contributed by atoms with E-state index in [-0.39, 0.29) is 5.56 Å². The number of nitrogens with one attached hydrogen (secondary N) is 1. The fraction of sp³-hybridized carbons (Fsp3) is 0.412. The lowest BCUT2D eigenvalue weighted by Gasteiger charge is -2.12. The molecule has 1 heterocycles. The zero-order valence-corrected chi connectivity index (χ0v) is 13.6. The normalized spacial score (nSPS) is 12.2. The average molecular weight is 301 g/mol. The molecule has 2 rings (SSSR count). The van der Waals surface area contributed by atoms with Gasteiger partial charge in [-0.15, -0.1) is 0 Å². The molecular weight excluding hydrogens is 278 g/mol. The Morgan fingerprint density at radius 3 is 2.82 bits per heavy atom. The lowest BCUT2D eigenvalue weighted by molar-refractivity contribution is 0.415. The van der Waals surface area contributed by atoms with E-state index in [4.69, 9.17) is 4.74 Å². The number of ether oxygens (including phenoxy) is 1. The molecule has 118 valence electrons. The van der Waals surface area contributed by atoms with Gasteiger partial charge in [0.2, 0.25) is 0 Å². The van der Waals surface area contributed by atoms with Gasteiger partial charge in [0.15, 0.2) is 0 Å². The summed E-state index contributed by atoms with van der Waals surface area (Å²) < 4.78 is 6.64. The van der Waals surface area contributed by atoms with E-state index in [0.29, 0.717) is 12.6 Å². The van der Waals surface area contributed by atoms with Crippen molar-refractivity contribution in [3.05, 3.63) is 46.2 Å². The van der Waals surface area contributed by atoms with Crippen molar-refractivity contribution in [1.82, 2.24) is 15.1 Å². The summed E-state index contributed by atoms with van der Waals surface area (Å²) >= 11 is 0. The first-order valence-electron chi connectivity index (χ1n) is 7.50. The molecule has 0 aliphatic rings. The van der Waals surface area contributed by atoms with E-state index in [1.54, 1.807) is 14.2 Å². The van der Waals surface area contributed by atoms with Crippen molar-refractivity contribution in [2.75, 3.05) is 7.11 Å².